The van der Waals surface area contributed by atoms with Crippen LogP contribution < -0.4 is 15.4 Å². The zero-order valence-electron chi connectivity index (χ0n) is 19.6. The maximum Gasteiger partial charge on any atom is 0.422 e. The van der Waals surface area contributed by atoms with Crippen molar-refractivity contribution in [3.63, 3.8) is 0 Å². The molecule has 3 aliphatic carbocycles. The number of amides is 1. The molecule has 4 aliphatic rings. The molecule has 15 heteroatoms. The molecule has 3 saturated carbocycles. The van der Waals surface area contributed by atoms with Crippen molar-refractivity contribution in [3.05, 3.63) is 23.5 Å². The van der Waals surface area contributed by atoms with Gasteiger partial charge in [0, 0.05) is 31.1 Å². The minimum absolute atomic E-state index is 0.00109. The lowest BCUT2D eigenvalue weighted by atomic mass is 9.50. The Morgan fingerprint density at radius 2 is 2.06 bits per heavy atom. The van der Waals surface area contributed by atoms with E-state index in [-0.39, 0.29) is 36.9 Å². The van der Waals surface area contributed by atoms with Gasteiger partial charge in [0.25, 0.3) is 12.4 Å². The molecule has 1 aliphatic heterocycles. The molecule has 0 spiro atoms. The fraction of sp³-hybridized carbons (Fsp3) is 0.619. The van der Waals surface area contributed by atoms with E-state index in [0.29, 0.717) is 11.2 Å². The molecule has 2 atom stereocenters. The minimum Gasteiger partial charge on any atom is -0.483 e. The maximum atomic E-state index is 13.2. The molecule has 2 aromatic heterocycles. The summed E-state index contributed by atoms with van der Waals surface area (Å²) in [7, 11) is 3.47. The quantitative estimate of drug-likeness (QED) is 0.336. The van der Waals surface area contributed by atoms with E-state index in [1.54, 1.807) is 0 Å². The fourth-order valence-corrected chi connectivity index (χ4v) is 4.22. The number of alkyl halides is 4. The van der Waals surface area contributed by atoms with Crippen molar-refractivity contribution >= 4 is 18.2 Å². The van der Waals surface area contributed by atoms with Gasteiger partial charge >= 0.3 is 6.18 Å². The van der Waals surface area contributed by atoms with Crippen molar-refractivity contribution < 1.29 is 41.7 Å². The highest BCUT2D eigenvalue weighted by Crippen LogP contribution is 2.56. The van der Waals surface area contributed by atoms with Crippen LogP contribution in [0.15, 0.2) is 12.1 Å². The summed E-state index contributed by atoms with van der Waals surface area (Å²) in [6.45, 7) is -1.76. The Kier molecular flexibility index (Phi) is 8.55. The Labute approximate surface area is 203 Å². The van der Waals surface area contributed by atoms with Gasteiger partial charge in [-0.25, -0.2) is 4.39 Å². The summed E-state index contributed by atoms with van der Waals surface area (Å²) in [5.74, 6) is 0.309. The summed E-state index contributed by atoms with van der Waals surface area (Å²) in [5.41, 5.74) is 1.15. The third kappa shape index (κ3) is 6.94. The molecular weight excluding hydrogens is 492 g/mol. The second kappa shape index (κ2) is 11.2. The van der Waals surface area contributed by atoms with Crippen LogP contribution in [0.5, 0.6) is 5.88 Å². The maximum absolute atomic E-state index is 13.2. The highest BCUT2D eigenvalue weighted by molar-refractivity contribution is 6.02. The Balaban J connectivity index is 0.000000298. The molecule has 0 radical (unpaired) electrons. The van der Waals surface area contributed by atoms with Crippen molar-refractivity contribution in [2.45, 2.75) is 49.7 Å². The summed E-state index contributed by atoms with van der Waals surface area (Å²) < 4.78 is 60.5. The first-order chi connectivity index (χ1) is 17.0. The number of aryl methyl sites for hydroxylation is 1. The smallest absolute Gasteiger partial charge is 0.422 e. The van der Waals surface area contributed by atoms with E-state index in [1.165, 1.54) is 32.4 Å². The number of anilines is 1. The highest BCUT2D eigenvalue weighted by atomic mass is 19.4. The number of carbonyl (C=O) groups is 2. The number of rotatable bonds is 6. The number of hydrogen-bond acceptors (Lipinski definition) is 7. The number of nitrogens with one attached hydrogen (secondary N) is 3. The molecule has 6 rings (SSSR count). The molecule has 0 aromatic carbocycles. The number of aromatic nitrogens is 4. The van der Waals surface area contributed by atoms with Gasteiger partial charge in [-0.3, -0.25) is 19.4 Å². The molecular formula is C21H28F4N6O5. The molecule has 1 amide bonds. The van der Waals surface area contributed by atoms with Gasteiger partial charge in [0.05, 0.1) is 12.3 Å². The predicted molar refractivity (Wildman–Crippen MR) is 117 cm³/mol. The summed E-state index contributed by atoms with van der Waals surface area (Å²) in [6.07, 6.45) is -1.45. The molecule has 11 nitrogen and oxygen atoms in total. The lowest BCUT2D eigenvalue weighted by Crippen LogP contribution is -2.65. The van der Waals surface area contributed by atoms with Gasteiger partial charge in [-0.2, -0.15) is 18.3 Å². The van der Waals surface area contributed by atoms with Crippen molar-refractivity contribution in [2.24, 2.45) is 13.0 Å². The second-order valence-corrected chi connectivity index (χ2v) is 8.83. The Morgan fingerprint density at radius 3 is 2.53 bits per heavy atom. The number of aromatic amines is 1. The number of H-pyrrole nitrogens is 1. The molecule has 36 heavy (non-hydrogen) atoms. The van der Waals surface area contributed by atoms with Crippen molar-refractivity contribution in [1.82, 2.24) is 25.3 Å². The number of nitrogens with zero attached hydrogens (tertiary/aromatic N) is 3. The molecule has 4 fully saturated rings. The summed E-state index contributed by atoms with van der Waals surface area (Å²) in [6, 6.07) is 2.58. The number of carbonyl (C=O) groups excluding carboxylic acids is 1. The van der Waals surface area contributed by atoms with E-state index in [4.69, 9.17) is 14.6 Å². The van der Waals surface area contributed by atoms with E-state index in [9.17, 15) is 22.4 Å². The first-order valence-corrected chi connectivity index (χ1v) is 11.1. The second-order valence-electron chi connectivity index (χ2n) is 8.83. The van der Waals surface area contributed by atoms with Crippen LogP contribution in [-0.2, 0) is 16.6 Å². The van der Waals surface area contributed by atoms with E-state index in [2.05, 4.69) is 37.7 Å². The largest absolute Gasteiger partial charge is 0.483 e. The Hall–Kier alpha value is -3.20. The summed E-state index contributed by atoms with van der Waals surface area (Å²) >= 11 is 0. The van der Waals surface area contributed by atoms with Crippen LogP contribution in [0.1, 0.15) is 48.0 Å². The van der Waals surface area contributed by atoms with Crippen LogP contribution in [0.4, 0.5) is 23.4 Å². The Bertz CT molecular complexity index is 1020. The first kappa shape index (κ1) is 27.4. The fourth-order valence-electron chi connectivity index (χ4n) is 4.22. The van der Waals surface area contributed by atoms with Crippen molar-refractivity contribution in [1.29, 1.82) is 0 Å². The average Bonchev–Trinajstić information content (AvgIpc) is 3.45. The molecule has 200 valence electrons. The molecule has 3 heterocycles. The lowest BCUT2D eigenvalue weighted by Gasteiger charge is -2.61. The van der Waals surface area contributed by atoms with Crippen LogP contribution in [0.2, 0.25) is 0 Å². The minimum atomic E-state index is -4.51. The molecule has 2 unspecified atom stereocenters. The molecule has 1 saturated heterocycles. The number of hydrogen-bond donors (Lipinski definition) is 4. The van der Waals surface area contributed by atoms with E-state index >= 15 is 0 Å². The van der Waals surface area contributed by atoms with Crippen LogP contribution in [-0.4, -0.2) is 75.6 Å². The first-order valence-electron chi connectivity index (χ1n) is 11.1. The molecule has 2 aromatic rings. The predicted octanol–water partition coefficient (Wildman–Crippen LogP) is 2.60. The van der Waals surface area contributed by atoms with Crippen LogP contribution >= 0.6 is 0 Å². The van der Waals surface area contributed by atoms with Gasteiger partial charge in [-0.05, 0) is 32.2 Å². The van der Waals surface area contributed by atoms with Crippen molar-refractivity contribution in [3.8, 4) is 5.88 Å². The highest BCUT2D eigenvalue weighted by Gasteiger charge is 2.55. The summed E-state index contributed by atoms with van der Waals surface area (Å²) in [5, 5.41) is 22.9. The van der Waals surface area contributed by atoms with Gasteiger partial charge in [0.15, 0.2) is 12.4 Å². The topological polar surface area (TPSA) is 143 Å². The normalized spacial score (nSPS) is 25.8. The third-order valence-electron chi connectivity index (χ3n) is 6.18. The average molecular weight is 520 g/mol. The van der Waals surface area contributed by atoms with Crippen LogP contribution in [0.3, 0.4) is 0 Å². The SMILES string of the molecule is CNC12CC(C1)C2.Cn1nc(OCC(F)(F)F)cc1C(=O)Nc1cc(C2CC(F)CO2)[nH]n1.O=CO. The van der Waals surface area contributed by atoms with Crippen LogP contribution in [0.25, 0.3) is 0 Å². The van der Waals surface area contributed by atoms with Gasteiger partial charge in [0.1, 0.15) is 18.0 Å². The lowest BCUT2D eigenvalue weighted by molar-refractivity contribution is -0.154. The Morgan fingerprint density at radius 1 is 1.39 bits per heavy atom. The van der Waals surface area contributed by atoms with E-state index in [1.807, 2.05) is 0 Å². The third-order valence-corrected chi connectivity index (χ3v) is 6.18. The number of carboxylic acid groups (broad SMARTS) is 1. The van der Waals surface area contributed by atoms with Gasteiger partial charge in [-0.1, -0.05) is 0 Å². The van der Waals surface area contributed by atoms with Gasteiger partial charge in [0.2, 0.25) is 5.88 Å². The number of ether oxygens (including phenoxy) is 2. The van der Waals surface area contributed by atoms with E-state index < -0.39 is 31.0 Å². The number of halogens is 4. The summed E-state index contributed by atoms with van der Waals surface area (Å²) in [4.78, 5) is 20.6. The monoisotopic (exact) mass is 520 g/mol. The van der Waals surface area contributed by atoms with Gasteiger partial charge in [-0.15, -0.1) is 5.10 Å². The zero-order valence-corrected chi connectivity index (χ0v) is 19.6. The van der Waals surface area contributed by atoms with E-state index in [0.717, 1.165) is 16.7 Å². The molecule has 4 N–H and O–H groups in total. The standard InChI is InChI=1S/C14H15F4N5O3.C6H11N.CH2O2/c1-23-9(4-12(22-23)26-6-14(16,17)18)13(24)19-11-3-8(20-21-11)10-2-7(15)5-25-10;1-7-6-2-5(3-6)4-6;2-1-3/h3-4,7,10H,2,5-6H2,1H3,(H2,19,20,21,24);5,7H,2-4H2,1H3;1H,(H,2,3). The molecule has 2 bridgehead atoms. The van der Waals surface area contributed by atoms with Crippen LogP contribution in [0, 0.1) is 5.92 Å². The van der Waals surface area contributed by atoms with Crippen molar-refractivity contribution in [2.75, 3.05) is 25.6 Å². The van der Waals surface area contributed by atoms with Gasteiger partial charge < -0.3 is 25.2 Å². The zero-order chi connectivity index (χ0) is 26.5.